The minimum absolute atomic E-state index is 0.0789. The average molecular weight is 864 g/mol. The third kappa shape index (κ3) is 41.6. The third-order valence-corrected chi connectivity index (χ3v) is 10.4. The minimum atomic E-state index is -4.74. The summed E-state index contributed by atoms with van der Waals surface area (Å²) >= 11 is 0. The Bertz CT molecular complexity index is 1290. The van der Waals surface area contributed by atoms with Crippen molar-refractivity contribution >= 4 is 25.7 Å². The molecule has 0 aromatic heterocycles. The molecule has 4 N–H and O–H groups in total. The van der Waals surface area contributed by atoms with Gasteiger partial charge in [0, 0.05) is 12.8 Å². The maximum absolute atomic E-state index is 12.6. The molecule has 0 aliphatic carbocycles. The number of carbonyl (C=O) groups excluding carboxylic acids is 2. The molecule has 0 bridgehead atoms. The molecule has 0 heterocycles. The molecule has 0 amide bonds. The van der Waals surface area contributed by atoms with Crippen molar-refractivity contribution in [1.29, 1.82) is 0 Å². The van der Waals surface area contributed by atoms with Crippen molar-refractivity contribution in [2.75, 3.05) is 19.8 Å². The van der Waals surface area contributed by atoms with Gasteiger partial charge in [0.05, 0.1) is 13.2 Å². The van der Waals surface area contributed by atoms with Gasteiger partial charge in [0.2, 0.25) is 0 Å². The Labute approximate surface area is 363 Å². The highest BCUT2D eigenvalue weighted by Crippen LogP contribution is 2.43. The number of allylic oxidation sites excluding steroid dienone is 12. The van der Waals surface area contributed by atoms with Crippen LogP contribution in [0.3, 0.4) is 0 Å². The number of carbonyl (C=O) groups is 3. The van der Waals surface area contributed by atoms with Gasteiger partial charge in [0.15, 0.2) is 6.10 Å². The van der Waals surface area contributed by atoms with Crippen LogP contribution in [0.4, 0.5) is 0 Å². The van der Waals surface area contributed by atoms with Gasteiger partial charge in [-0.3, -0.25) is 23.4 Å². The number of carboxylic acids is 1. The summed E-state index contributed by atoms with van der Waals surface area (Å²) in [6.07, 6.45) is 51.2. The summed E-state index contributed by atoms with van der Waals surface area (Å²) in [6.45, 7) is 2.63. The molecule has 0 aliphatic rings. The molecule has 344 valence electrons. The van der Waals surface area contributed by atoms with E-state index in [1.807, 2.05) is 12.2 Å². The summed E-state index contributed by atoms with van der Waals surface area (Å²) in [5.41, 5.74) is 5.33. The van der Waals surface area contributed by atoms with E-state index in [0.29, 0.717) is 19.3 Å². The second-order valence-electron chi connectivity index (χ2n) is 15.1. The van der Waals surface area contributed by atoms with E-state index in [4.69, 9.17) is 24.8 Å². The van der Waals surface area contributed by atoms with Gasteiger partial charge in [-0.1, -0.05) is 164 Å². The van der Waals surface area contributed by atoms with Crippen LogP contribution in [0.5, 0.6) is 0 Å². The van der Waals surface area contributed by atoms with Gasteiger partial charge in [-0.05, 0) is 77.0 Å². The van der Waals surface area contributed by atoms with Crippen molar-refractivity contribution in [3.8, 4) is 0 Å². The lowest BCUT2D eigenvalue weighted by atomic mass is 10.1. The molecular weight excluding hydrogens is 781 g/mol. The molecular formula is C48H82NO10P. The lowest BCUT2D eigenvalue weighted by Gasteiger charge is -2.20. The largest absolute Gasteiger partial charge is 0.480 e. The molecule has 0 saturated heterocycles. The first kappa shape index (κ1) is 56.9. The molecule has 0 aliphatic heterocycles. The highest BCUT2D eigenvalue weighted by Gasteiger charge is 2.28. The number of hydrogen-bond donors (Lipinski definition) is 3. The highest BCUT2D eigenvalue weighted by atomic mass is 31.2. The maximum Gasteiger partial charge on any atom is 0.472 e. The van der Waals surface area contributed by atoms with Gasteiger partial charge in [-0.15, -0.1) is 0 Å². The van der Waals surface area contributed by atoms with E-state index in [-0.39, 0.29) is 19.4 Å². The van der Waals surface area contributed by atoms with Crippen LogP contribution in [0, 0.1) is 0 Å². The van der Waals surface area contributed by atoms with Gasteiger partial charge in [0.25, 0.3) is 0 Å². The molecule has 60 heavy (non-hydrogen) atoms. The van der Waals surface area contributed by atoms with Crippen LogP contribution in [0.25, 0.3) is 0 Å². The van der Waals surface area contributed by atoms with E-state index in [1.165, 1.54) is 77.0 Å². The Hall–Kier alpha value is -3.08. The molecule has 0 aromatic rings. The topological polar surface area (TPSA) is 172 Å². The summed E-state index contributed by atoms with van der Waals surface area (Å²) in [4.78, 5) is 46.0. The second kappa shape index (κ2) is 42.6. The first-order valence-corrected chi connectivity index (χ1v) is 24.5. The predicted molar refractivity (Wildman–Crippen MR) is 244 cm³/mol. The van der Waals surface area contributed by atoms with Crippen molar-refractivity contribution in [1.82, 2.24) is 0 Å². The van der Waals surface area contributed by atoms with Crippen LogP contribution >= 0.6 is 7.82 Å². The van der Waals surface area contributed by atoms with E-state index in [2.05, 4.69) is 79.1 Å². The van der Waals surface area contributed by atoms with Crippen molar-refractivity contribution < 1.29 is 47.5 Å². The van der Waals surface area contributed by atoms with Crippen LogP contribution in [0.1, 0.15) is 181 Å². The summed E-state index contributed by atoms with van der Waals surface area (Å²) in [7, 11) is -4.74. The molecule has 0 fully saturated rings. The predicted octanol–water partition coefficient (Wildman–Crippen LogP) is 12.5. The normalized spacial score (nSPS) is 14.3. The SMILES string of the molecule is CC/C=C\C/C=C\C/C=C\C/C=C\C/C=C\CCCC(=O)O[C@H](COC(=O)CCCCCCCCC/C=C\CCCCCCCCCC)COP(=O)(O)OC[C@H](N)C(=O)O. The van der Waals surface area contributed by atoms with Crippen molar-refractivity contribution in [3.05, 3.63) is 72.9 Å². The Morgan fingerprint density at radius 3 is 1.47 bits per heavy atom. The Balaban J connectivity index is 4.42. The van der Waals surface area contributed by atoms with Gasteiger partial charge in [-0.25, -0.2) is 4.57 Å². The van der Waals surface area contributed by atoms with E-state index in [1.54, 1.807) is 0 Å². The zero-order valence-corrected chi connectivity index (χ0v) is 38.2. The fourth-order valence-corrected chi connectivity index (χ4v) is 6.64. The summed E-state index contributed by atoms with van der Waals surface area (Å²) in [6, 6.07) is -1.53. The first-order chi connectivity index (χ1) is 29.1. The first-order valence-electron chi connectivity index (χ1n) is 23.0. The lowest BCUT2D eigenvalue weighted by Crippen LogP contribution is -2.34. The molecule has 0 spiro atoms. The van der Waals surface area contributed by atoms with Gasteiger partial charge in [-0.2, -0.15) is 0 Å². The molecule has 3 atom stereocenters. The fraction of sp³-hybridized carbons (Fsp3) is 0.688. The van der Waals surface area contributed by atoms with Crippen LogP contribution in [0.15, 0.2) is 72.9 Å². The summed E-state index contributed by atoms with van der Waals surface area (Å²) in [5, 5.41) is 8.90. The van der Waals surface area contributed by atoms with E-state index >= 15 is 0 Å². The average Bonchev–Trinajstić information content (AvgIpc) is 3.22. The Morgan fingerprint density at radius 1 is 0.533 bits per heavy atom. The van der Waals surface area contributed by atoms with Gasteiger partial charge < -0.3 is 25.2 Å². The molecule has 0 rings (SSSR count). The molecule has 0 saturated carbocycles. The van der Waals surface area contributed by atoms with Crippen molar-refractivity contribution in [2.45, 2.75) is 193 Å². The number of nitrogens with two attached hydrogens (primary N) is 1. The number of ether oxygens (including phenoxy) is 2. The van der Waals surface area contributed by atoms with Crippen LogP contribution in [-0.4, -0.2) is 59.9 Å². The Morgan fingerprint density at radius 2 is 0.950 bits per heavy atom. The van der Waals surface area contributed by atoms with Gasteiger partial charge >= 0.3 is 25.7 Å². The third-order valence-electron chi connectivity index (χ3n) is 9.44. The lowest BCUT2D eigenvalue weighted by molar-refractivity contribution is -0.161. The van der Waals surface area contributed by atoms with E-state index < -0.39 is 51.1 Å². The van der Waals surface area contributed by atoms with E-state index in [9.17, 15) is 23.8 Å². The minimum Gasteiger partial charge on any atom is -0.480 e. The van der Waals surface area contributed by atoms with Crippen LogP contribution in [0.2, 0.25) is 0 Å². The van der Waals surface area contributed by atoms with Crippen molar-refractivity contribution in [3.63, 3.8) is 0 Å². The number of esters is 2. The van der Waals surface area contributed by atoms with Crippen molar-refractivity contribution in [2.24, 2.45) is 5.73 Å². The van der Waals surface area contributed by atoms with Crippen LogP contribution in [-0.2, 0) is 37.5 Å². The molecule has 0 radical (unpaired) electrons. The number of phosphoric ester groups is 1. The number of phosphoric acid groups is 1. The molecule has 1 unspecified atom stereocenters. The van der Waals surface area contributed by atoms with E-state index in [0.717, 1.165) is 57.8 Å². The number of rotatable bonds is 42. The smallest absolute Gasteiger partial charge is 0.472 e. The summed E-state index contributed by atoms with van der Waals surface area (Å²) in [5.74, 6) is -2.46. The molecule has 11 nitrogen and oxygen atoms in total. The number of aliphatic carboxylic acids is 1. The highest BCUT2D eigenvalue weighted by molar-refractivity contribution is 7.47. The number of hydrogen-bond acceptors (Lipinski definition) is 9. The van der Waals surface area contributed by atoms with Gasteiger partial charge in [0.1, 0.15) is 12.6 Å². The monoisotopic (exact) mass is 864 g/mol. The zero-order valence-electron chi connectivity index (χ0n) is 37.3. The maximum atomic E-state index is 12.6. The summed E-state index contributed by atoms with van der Waals surface area (Å²) < 4.78 is 32.7. The number of unbranched alkanes of at least 4 members (excludes halogenated alkanes) is 16. The Kier molecular flexibility index (Phi) is 40.4. The molecule has 12 heteroatoms. The zero-order chi connectivity index (χ0) is 44.2. The quantitative estimate of drug-likeness (QED) is 0.0231. The number of carboxylic acid groups (broad SMARTS) is 1. The fourth-order valence-electron chi connectivity index (χ4n) is 5.86. The second-order valence-corrected chi connectivity index (χ2v) is 16.6. The van der Waals surface area contributed by atoms with Crippen LogP contribution < -0.4 is 5.73 Å². The standard InChI is InChI=1S/C48H82NO10P/c1-3-5-7-9-11-13-15-17-19-21-22-24-25-27-29-31-33-35-37-39-46(50)56-41-44(42-57-60(54,55)58-43-45(49)48(52)53)59-47(51)40-38-36-34-32-30-28-26-23-20-18-16-14-12-10-8-6-4-2/h6,8,12,14,18,20-22,26,28,32,34,44-45H,3-5,7,9-11,13,15-17,19,23-25,27,29-31,33,35-43,49H2,1-2H3,(H,52,53)(H,54,55)/b8-6-,14-12-,20-18-,22-21-,28-26-,34-32-/t44-,45+/m1/s1. The molecule has 0 aromatic carbocycles.